The second-order valence-corrected chi connectivity index (χ2v) is 6.33. The van der Waals surface area contributed by atoms with Crippen molar-refractivity contribution >= 4 is 21.4 Å². The summed E-state index contributed by atoms with van der Waals surface area (Å²) in [5, 5.41) is 3.38. The molecule has 0 heterocycles. The Balaban J connectivity index is 2.44. The maximum atomic E-state index is 12.0. The molecule has 0 aliphatic rings. The molecule has 1 aromatic carbocycles. The zero-order chi connectivity index (χ0) is 13.4. The monoisotopic (exact) mass is 291 g/mol. The Morgan fingerprint density at radius 2 is 2.00 bits per heavy atom. The molecule has 0 unspecified atom stereocenters. The van der Waals surface area contributed by atoms with Gasteiger partial charge in [-0.1, -0.05) is 23.7 Å². The summed E-state index contributed by atoms with van der Waals surface area (Å²) in [6.07, 6.45) is 0.553. The topological polar surface area (TPSA) is 55.4 Å². The number of hydrogen-bond donors (Lipinski definition) is 1. The molecule has 6 heteroatoms. The smallest absolute Gasteiger partial charge is 0.179 e. The van der Waals surface area contributed by atoms with Crippen LogP contribution < -0.4 is 5.32 Å². The minimum atomic E-state index is -3.29. The van der Waals surface area contributed by atoms with E-state index in [0.29, 0.717) is 19.6 Å². The lowest BCUT2D eigenvalue weighted by Gasteiger charge is -2.07. The highest BCUT2D eigenvalue weighted by Crippen LogP contribution is 2.21. The highest BCUT2D eigenvalue weighted by atomic mass is 35.5. The number of hydrogen-bond acceptors (Lipinski definition) is 4. The molecule has 0 spiro atoms. The van der Waals surface area contributed by atoms with Crippen molar-refractivity contribution in [2.75, 3.05) is 32.6 Å². The van der Waals surface area contributed by atoms with E-state index in [2.05, 4.69) is 5.32 Å². The Morgan fingerprint density at radius 3 is 2.67 bits per heavy atom. The van der Waals surface area contributed by atoms with Crippen molar-refractivity contribution in [3.63, 3.8) is 0 Å². The summed E-state index contributed by atoms with van der Waals surface area (Å²) in [7, 11) is -1.66. The van der Waals surface area contributed by atoms with E-state index < -0.39 is 9.84 Å². The lowest BCUT2D eigenvalue weighted by molar-refractivity contribution is 0.199. The SMILES string of the molecule is COCCNCCCS(=O)(=O)c1ccccc1Cl. The standard InChI is InChI=1S/C12H18ClNO3S/c1-17-9-8-14-7-4-10-18(15,16)12-6-3-2-5-11(12)13/h2-3,5-6,14H,4,7-10H2,1H3. The van der Waals surface area contributed by atoms with Crippen molar-refractivity contribution in [3.05, 3.63) is 29.3 Å². The molecule has 1 rings (SSSR count). The van der Waals surface area contributed by atoms with Gasteiger partial charge in [-0.3, -0.25) is 0 Å². The van der Waals surface area contributed by atoms with E-state index in [-0.39, 0.29) is 15.7 Å². The molecule has 4 nitrogen and oxygen atoms in total. The molecule has 0 amide bonds. The van der Waals surface area contributed by atoms with E-state index in [4.69, 9.17) is 16.3 Å². The van der Waals surface area contributed by atoms with Crippen LogP contribution in [-0.2, 0) is 14.6 Å². The van der Waals surface area contributed by atoms with E-state index in [9.17, 15) is 8.42 Å². The van der Waals surface area contributed by atoms with Crippen molar-refractivity contribution in [2.45, 2.75) is 11.3 Å². The summed E-state index contributed by atoms with van der Waals surface area (Å²) in [4.78, 5) is 0.212. The van der Waals surface area contributed by atoms with E-state index >= 15 is 0 Å². The number of benzene rings is 1. The Morgan fingerprint density at radius 1 is 1.28 bits per heavy atom. The molecule has 1 N–H and O–H groups in total. The molecule has 0 atom stereocenters. The van der Waals surface area contributed by atoms with Gasteiger partial charge in [-0.25, -0.2) is 8.42 Å². The minimum Gasteiger partial charge on any atom is -0.383 e. The predicted molar refractivity (Wildman–Crippen MR) is 72.9 cm³/mol. The van der Waals surface area contributed by atoms with Gasteiger partial charge in [-0.2, -0.15) is 0 Å². The van der Waals surface area contributed by atoms with Gasteiger partial charge in [-0.15, -0.1) is 0 Å². The minimum absolute atomic E-state index is 0.0940. The van der Waals surface area contributed by atoms with Gasteiger partial charge in [-0.05, 0) is 25.1 Å². The number of rotatable bonds is 8. The number of ether oxygens (including phenoxy) is 1. The average Bonchev–Trinajstić information content (AvgIpc) is 2.34. The molecule has 18 heavy (non-hydrogen) atoms. The van der Waals surface area contributed by atoms with E-state index in [1.54, 1.807) is 25.3 Å². The summed E-state index contributed by atoms with van der Waals surface area (Å²) in [5.74, 6) is 0.0940. The molecule has 0 aromatic heterocycles. The van der Waals surface area contributed by atoms with Crippen LogP contribution in [0.3, 0.4) is 0 Å². The number of nitrogens with one attached hydrogen (secondary N) is 1. The van der Waals surface area contributed by atoms with Gasteiger partial charge in [0.2, 0.25) is 0 Å². The van der Waals surface area contributed by atoms with Gasteiger partial charge in [0, 0.05) is 13.7 Å². The fourth-order valence-corrected chi connectivity index (χ4v) is 3.38. The van der Waals surface area contributed by atoms with Crippen LogP contribution in [0, 0.1) is 0 Å². The molecule has 0 radical (unpaired) electrons. The normalized spacial score (nSPS) is 11.7. The van der Waals surface area contributed by atoms with Crippen LogP contribution in [0.4, 0.5) is 0 Å². The molecule has 102 valence electrons. The summed E-state index contributed by atoms with van der Waals surface area (Å²) in [6.45, 7) is 1.99. The Kier molecular flexibility index (Phi) is 6.63. The zero-order valence-electron chi connectivity index (χ0n) is 10.4. The number of methoxy groups -OCH3 is 1. The van der Waals surface area contributed by atoms with Gasteiger partial charge < -0.3 is 10.1 Å². The first-order valence-corrected chi connectivity index (χ1v) is 7.78. The fourth-order valence-electron chi connectivity index (χ4n) is 1.49. The van der Waals surface area contributed by atoms with E-state index in [1.807, 2.05) is 0 Å². The zero-order valence-corrected chi connectivity index (χ0v) is 11.9. The Labute approximate surface area is 113 Å². The number of sulfone groups is 1. The predicted octanol–water partition coefficient (Wildman–Crippen LogP) is 1.74. The highest BCUT2D eigenvalue weighted by molar-refractivity contribution is 7.91. The van der Waals surface area contributed by atoms with Gasteiger partial charge in [0.1, 0.15) is 0 Å². The third-order valence-corrected chi connectivity index (χ3v) is 4.72. The van der Waals surface area contributed by atoms with Crippen LogP contribution in [0.1, 0.15) is 6.42 Å². The van der Waals surface area contributed by atoms with Crippen molar-refractivity contribution in [1.82, 2.24) is 5.32 Å². The van der Waals surface area contributed by atoms with Crippen LogP contribution in [0.25, 0.3) is 0 Å². The number of halogens is 1. The molecule has 0 bridgehead atoms. The molecule has 0 aliphatic heterocycles. The molecule has 0 saturated carbocycles. The Hall–Kier alpha value is -0.620. The molecule has 0 aliphatic carbocycles. The molecule has 0 saturated heterocycles. The third kappa shape index (κ3) is 4.94. The van der Waals surface area contributed by atoms with Crippen LogP contribution >= 0.6 is 11.6 Å². The molecular weight excluding hydrogens is 274 g/mol. The quantitative estimate of drug-likeness (QED) is 0.741. The van der Waals surface area contributed by atoms with Crippen molar-refractivity contribution in [2.24, 2.45) is 0 Å². The lowest BCUT2D eigenvalue weighted by Crippen LogP contribution is -2.22. The molecule has 1 aromatic rings. The molecule has 0 fully saturated rings. The maximum absolute atomic E-state index is 12.0. The van der Waals surface area contributed by atoms with Crippen LogP contribution in [0.15, 0.2) is 29.2 Å². The summed E-state index contributed by atoms with van der Waals surface area (Å²) < 4.78 is 28.9. The van der Waals surface area contributed by atoms with Crippen LogP contribution in [0.5, 0.6) is 0 Å². The average molecular weight is 292 g/mol. The van der Waals surface area contributed by atoms with Gasteiger partial charge in [0.25, 0.3) is 0 Å². The fraction of sp³-hybridized carbons (Fsp3) is 0.500. The first kappa shape index (κ1) is 15.4. The first-order valence-electron chi connectivity index (χ1n) is 5.75. The van der Waals surface area contributed by atoms with E-state index in [1.165, 1.54) is 6.07 Å². The Bertz CT molecular complexity index is 462. The summed E-state index contributed by atoms with van der Waals surface area (Å²) in [5.41, 5.74) is 0. The van der Waals surface area contributed by atoms with Crippen molar-refractivity contribution in [3.8, 4) is 0 Å². The highest BCUT2D eigenvalue weighted by Gasteiger charge is 2.16. The van der Waals surface area contributed by atoms with Crippen molar-refractivity contribution in [1.29, 1.82) is 0 Å². The summed E-state index contributed by atoms with van der Waals surface area (Å²) in [6, 6.07) is 6.52. The van der Waals surface area contributed by atoms with Gasteiger partial charge >= 0.3 is 0 Å². The second-order valence-electron chi connectivity index (χ2n) is 3.85. The summed E-state index contributed by atoms with van der Waals surface area (Å²) >= 11 is 5.88. The van der Waals surface area contributed by atoms with Gasteiger partial charge in [0.15, 0.2) is 9.84 Å². The maximum Gasteiger partial charge on any atom is 0.179 e. The largest absolute Gasteiger partial charge is 0.383 e. The van der Waals surface area contributed by atoms with Crippen LogP contribution in [-0.4, -0.2) is 41.0 Å². The first-order chi connectivity index (χ1) is 8.58. The van der Waals surface area contributed by atoms with Crippen LogP contribution in [0.2, 0.25) is 5.02 Å². The second kappa shape index (κ2) is 7.74. The van der Waals surface area contributed by atoms with E-state index in [0.717, 1.165) is 6.54 Å². The van der Waals surface area contributed by atoms with Crippen molar-refractivity contribution < 1.29 is 13.2 Å². The third-order valence-electron chi connectivity index (χ3n) is 2.42. The lowest BCUT2D eigenvalue weighted by atomic mass is 10.4. The molecular formula is C12H18ClNO3S. The van der Waals surface area contributed by atoms with Gasteiger partial charge in [0.05, 0.1) is 22.3 Å².